The van der Waals surface area contributed by atoms with E-state index in [0.717, 1.165) is 64.8 Å². The molecule has 214 valence electrons. The minimum absolute atomic E-state index is 0.132. The van der Waals surface area contributed by atoms with E-state index in [1.54, 1.807) is 7.11 Å². The maximum atomic E-state index is 14.0. The smallest absolute Gasteiger partial charge is 0.175 e. The number of hydrogen-bond acceptors (Lipinski definition) is 6. The molecular formula is C32H44BrNO5. The summed E-state index contributed by atoms with van der Waals surface area (Å²) in [5.41, 5.74) is 4.28. The monoisotopic (exact) mass is 601 g/mol. The van der Waals surface area contributed by atoms with Crippen LogP contribution in [0.4, 0.5) is 0 Å². The average Bonchev–Trinajstić information content (AvgIpc) is 2.82. The first-order valence-electron chi connectivity index (χ1n) is 14.3. The second-order valence-corrected chi connectivity index (χ2v) is 13.5. The molecule has 0 fully saturated rings. The fourth-order valence-electron chi connectivity index (χ4n) is 6.38. The van der Waals surface area contributed by atoms with Gasteiger partial charge in [-0.25, -0.2) is 0 Å². The number of methoxy groups -OCH3 is 1. The van der Waals surface area contributed by atoms with Crippen molar-refractivity contribution < 1.29 is 23.8 Å². The highest BCUT2D eigenvalue weighted by Crippen LogP contribution is 2.55. The summed E-state index contributed by atoms with van der Waals surface area (Å²) in [6, 6.07) is 4.01. The molecule has 0 spiro atoms. The van der Waals surface area contributed by atoms with Crippen LogP contribution in [0.3, 0.4) is 0 Å². The summed E-state index contributed by atoms with van der Waals surface area (Å²) >= 11 is 3.73. The van der Waals surface area contributed by atoms with Crippen molar-refractivity contribution in [2.45, 2.75) is 86.0 Å². The van der Waals surface area contributed by atoms with Gasteiger partial charge in [0.15, 0.2) is 23.1 Å². The van der Waals surface area contributed by atoms with Crippen LogP contribution in [0.1, 0.15) is 91.5 Å². The summed E-state index contributed by atoms with van der Waals surface area (Å²) in [4.78, 5) is 30.3. The van der Waals surface area contributed by atoms with Crippen LogP contribution in [0.25, 0.3) is 0 Å². The fourth-order valence-corrected chi connectivity index (χ4v) is 6.95. The molecule has 1 aromatic rings. The molecule has 1 aromatic carbocycles. The van der Waals surface area contributed by atoms with E-state index in [1.165, 1.54) is 0 Å². The SMILES string of the molecule is CCCOc1c(Br)cc(C2C3=C(CC(C)(C)CC3=O)N(CCCOC)C3=C2C(=O)CC(C)(C)C3)cc1OCC. The summed E-state index contributed by atoms with van der Waals surface area (Å²) in [7, 11) is 1.71. The van der Waals surface area contributed by atoms with Gasteiger partial charge in [-0.15, -0.1) is 0 Å². The van der Waals surface area contributed by atoms with E-state index in [2.05, 4.69) is 55.4 Å². The van der Waals surface area contributed by atoms with E-state index in [0.29, 0.717) is 44.2 Å². The second-order valence-electron chi connectivity index (χ2n) is 12.6. The number of nitrogens with zero attached hydrogens (tertiary/aromatic N) is 1. The molecule has 7 heteroatoms. The van der Waals surface area contributed by atoms with Gasteiger partial charge in [-0.3, -0.25) is 9.59 Å². The molecule has 39 heavy (non-hydrogen) atoms. The van der Waals surface area contributed by atoms with Crippen LogP contribution in [0.2, 0.25) is 0 Å². The Bertz CT molecular complexity index is 1140. The molecule has 1 heterocycles. The summed E-state index contributed by atoms with van der Waals surface area (Å²) in [6.07, 6.45) is 4.21. The highest BCUT2D eigenvalue weighted by Gasteiger charge is 2.49. The van der Waals surface area contributed by atoms with Crippen LogP contribution in [0.15, 0.2) is 39.1 Å². The van der Waals surface area contributed by atoms with Gasteiger partial charge in [0.25, 0.3) is 0 Å². The molecule has 0 saturated carbocycles. The van der Waals surface area contributed by atoms with Gasteiger partial charge in [0.05, 0.1) is 17.7 Å². The van der Waals surface area contributed by atoms with Crippen molar-refractivity contribution >= 4 is 27.5 Å². The molecule has 0 aromatic heterocycles. The number of halogens is 1. The molecule has 6 nitrogen and oxygen atoms in total. The first-order valence-corrected chi connectivity index (χ1v) is 15.1. The molecule has 0 N–H and O–H groups in total. The van der Waals surface area contributed by atoms with Crippen molar-refractivity contribution in [2.24, 2.45) is 10.8 Å². The molecule has 0 radical (unpaired) electrons. The van der Waals surface area contributed by atoms with Crippen LogP contribution in [0, 0.1) is 10.8 Å². The molecule has 2 aliphatic carbocycles. The lowest BCUT2D eigenvalue weighted by molar-refractivity contribution is -0.119. The number of allylic oxidation sites excluding steroid dienone is 4. The minimum Gasteiger partial charge on any atom is -0.490 e. The topological polar surface area (TPSA) is 65.1 Å². The molecule has 0 saturated heterocycles. The number of ether oxygens (including phenoxy) is 3. The zero-order chi connectivity index (χ0) is 28.5. The zero-order valence-electron chi connectivity index (χ0n) is 24.7. The lowest BCUT2D eigenvalue weighted by Crippen LogP contribution is -2.44. The molecule has 0 unspecified atom stereocenters. The maximum Gasteiger partial charge on any atom is 0.175 e. The summed E-state index contributed by atoms with van der Waals surface area (Å²) in [5, 5.41) is 0. The minimum atomic E-state index is -0.420. The van der Waals surface area contributed by atoms with E-state index in [9.17, 15) is 9.59 Å². The molecule has 3 aliphatic rings. The lowest BCUT2D eigenvalue weighted by Gasteiger charge is -2.49. The number of hydrogen-bond donors (Lipinski definition) is 0. The Labute approximate surface area is 242 Å². The number of carbonyl (C=O) groups excluding carboxylic acids is 2. The quantitative estimate of drug-likeness (QED) is 0.261. The average molecular weight is 603 g/mol. The third-order valence-electron chi connectivity index (χ3n) is 7.87. The van der Waals surface area contributed by atoms with Gasteiger partial charge in [-0.1, -0.05) is 34.6 Å². The van der Waals surface area contributed by atoms with Crippen LogP contribution in [-0.2, 0) is 14.3 Å². The molecular weight excluding hydrogens is 558 g/mol. The number of ketones is 2. The lowest BCUT2D eigenvalue weighted by atomic mass is 9.63. The summed E-state index contributed by atoms with van der Waals surface area (Å²) < 4.78 is 18.2. The van der Waals surface area contributed by atoms with Gasteiger partial charge in [0, 0.05) is 61.6 Å². The van der Waals surface area contributed by atoms with Crippen LogP contribution in [0.5, 0.6) is 11.5 Å². The van der Waals surface area contributed by atoms with Crippen LogP contribution >= 0.6 is 15.9 Å². The van der Waals surface area contributed by atoms with E-state index in [1.807, 2.05) is 19.1 Å². The van der Waals surface area contributed by atoms with Crippen LogP contribution in [-0.4, -0.2) is 49.9 Å². The third-order valence-corrected chi connectivity index (χ3v) is 8.46. The Kier molecular flexibility index (Phi) is 9.02. The van der Waals surface area contributed by atoms with Crippen molar-refractivity contribution in [3.05, 3.63) is 44.7 Å². The largest absolute Gasteiger partial charge is 0.490 e. The second kappa shape index (κ2) is 11.8. The Morgan fingerprint density at radius 1 is 0.897 bits per heavy atom. The van der Waals surface area contributed by atoms with Gasteiger partial charge >= 0.3 is 0 Å². The van der Waals surface area contributed by atoms with Gasteiger partial charge in [-0.05, 0) is 77.1 Å². The van der Waals surface area contributed by atoms with Crippen molar-refractivity contribution in [1.82, 2.24) is 4.90 Å². The molecule has 0 bridgehead atoms. The molecule has 0 amide bonds. The van der Waals surface area contributed by atoms with Gasteiger partial charge in [0.2, 0.25) is 0 Å². The predicted molar refractivity (Wildman–Crippen MR) is 157 cm³/mol. The van der Waals surface area contributed by atoms with Crippen molar-refractivity contribution in [3.63, 3.8) is 0 Å². The number of carbonyl (C=O) groups is 2. The normalized spacial score (nSPS) is 20.8. The third kappa shape index (κ3) is 6.14. The highest BCUT2D eigenvalue weighted by molar-refractivity contribution is 9.10. The molecule has 1 aliphatic heterocycles. The Balaban J connectivity index is 1.96. The van der Waals surface area contributed by atoms with E-state index in [4.69, 9.17) is 14.2 Å². The number of benzene rings is 1. The van der Waals surface area contributed by atoms with Crippen molar-refractivity contribution in [2.75, 3.05) is 33.5 Å². The zero-order valence-corrected chi connectivity index (χ0v) is 26.3. The molecule has 4 rings (SSSR count). The van der Waals surface area contributed by atoms with Gasteiger partial charge < -0.3 is 19.1 Å². The van der Waals surface area contributed by atoms with Crippen molar-refractivity contribution in [1.29, 1.82) is 0 Å². The van der Waals surface area contributed by atoms with E-state index >= 15 is 0 Å². The van der Waals surface area contributed by atoms with Gasteiger partial charge in [0.1, 0.15) is 0 Å². The number of Topliss-reactive ketones (excluding diaryl/α,β-unsaturated/α-hetero) is 2. The number of rotatable bonds is 10. The van der Waals surface area contributed by atoms with Crippen molar-refractivity contribution in [3.8, 4) is 11.5 Å². The standard InChI is InChI=1S/C32H44BrNO5/c1-8-12-39-30-21(33)14-20(15-26(30)38-9-2)27-28-22(16-31(3,4)18-24(28)35)34(11-10-13-37-7)23-17-32(5,6)19-25(36)29(23)27/h14-15,27H,8-13,16-19H2,1-7H3. The first-order chi connectivity index (χ1) is 18.4. The Hall–Kier alpha value is -2.12. The summed E-state index contributed by atoms with van der Waals surface area (Å²) in [6.45, 7) is 15.1. The molecule has 0 atom stereocenters. The van der Waals surface area contributed by atoms with E-state index < -0.39 is 5.92 Å². The maximum absolute atomic E-state index is 14.0. The summed E-state index contributed by atoms with van der Waals surface area (Å²) in [5.74, 6) is 1.14. The Morgan fingerprint density at radius 3 is 2.00 bits per heavy atom. The van der Waals surface area contributed by atoms with E-state index in [-0.39, 0.29) is 22.4 Å². The fraction of sp³-hybridized carbons (Fsp3) is 0.625. The predicted octanol–water partition coefficient (Wildman–Crippen LogP) is 7.36. The van der Waals surface area contributed by atoms with Gasteiger partial charge in [-0.2, -0.15) is 0 Å². The highest BCUT2D eigenvalue weighted by atomic mass is 79.9. The first kappa shape index (κ1) is 29.9. The Morgan fingerprint density at radius 2 is 1.49 bits per heavy atom. The van der Waals surface area contributed by atoms with Crippen LogP contribution < -0.4 is 9.47 Å².